The number of ketones is 1. The molecule has 0 aliphatic heterocycles. The van der Waals surface area contributed by atoms with Crippen molar-refractivity contribution in [3.05, 3.63) is 29.8 Å². The van der Waals surface area contributed by atoms with E-state index in [1.807, 2.05) is 12.1 Å². The monoisotopic (exact) mass is 910 g/mol. The van der Waals surface area contributed by atoms with Crippen molar-refractivity contribution in [2.45, 2.75) is 180 Å². The number of amides is 4. The van der Waals surface area contributed by atoms with Gasteiger partial charge in [-0.2, -0.15) is 8.42 Å². The van der Waals surface area contributed by atoms with Gasteiger partial charge in [-0.1, -0.05) is 90.4 Å². The van der Waals surface area contributed by atoms with Crippen molar-refractivity contribution in [1.82, 2.24) is 16.0 Å². The molecule has 1 aromatic carbocycles. The van der Waals surface area contributed by atoms with E-state index in [-0.39, 0.29) is 38.0 Å². The molecule has 0 radical (unpaired) electrons. The van der Waals surface area contributed by atoms with Gasteiger partial charge in [0, 0.05) is 50.0 Å². The molecule has 0 aromatic heterocycles. The van der Waals surface area contributed by atoms with Crippen LogP contribution >= 0.6 is 0 Å². The number of nitrogens with two attached hydrogens (primary N) is 1. The van der Waals surface area contributed by atoms with Crippen molar-refractivity contribution in [3.8, 4) is 0 Å². The average Bonchev–Trinajstić information content (AvgIpc) is 3.22. The number of benzene rings is 1. The molecule has 18 heteroatoms. The van der Waals surface area contributed by atoms with Gasteiger partial charge >= 0.3 is 11.9 Å². The summed E-state index contributed by atoms with van der Waals surface area (Å²) in [4.78, 5) is 86.0. The number of carboxylic acid groups (broad SMARTS) is 2. The number of unbranched alkanes of at least 4 members (excludes halogenated alkanes) is 15. The van der Waals surface area contributed by atoms with Crippen molar-refractivity contribution in [2.24, 2.45) is 11.7 Å². The number of hydrogen-bond donors (Lipinski definition) is 8. The van der Waals surface area contributed by atoms with Crippen LogP contribution in [0.3, 0.4) is 0 Å². The summed E-state index contributed by atoms with van der Waals surface area (Å²) in [6.45, 7) is 3.27. The number of carbonyl (C=O) groups excluding carboxylic acids is 5. The highest BCUT2D eigenvalue weighted by Gasteiger charge is 2.29. The summed E-state index contributed by atoms with van der Waals surface area (Å²) < 4.78 is 32.3. The van der Waals surface area contributed by atoms with Gasteiger partial charge in [-0.3, -0.25) is 38.1 Å². The Morgan fingerprint density at radius 2 is 1.14 bits per heavy atom. The van der Waals surface area contributed by atoms with Gasteiger partial charge in [-0.25, -0.2) is 0 Å². The summed E-state index contributed by atoms with van der Waals surface area (Å²) in [7, 11) is -4.50. The van der Waals surface area contributed by atoms with E-state index in [4.69, 9.17) is 10.8 Å². The lowest BCUT2D eigenvalue weighted by Crippen LogP contribution is -2.45. The Hall–Kier alpha value is -4.58. The number of nitrogens with one attached hydrogen (secondary N) is 4. The Labute approximate surface area is 374 Å². The summed E-state index contributed by atoms with van der Waals surface area (Å²) in [6, 6.07) is 4.71. The van der Waals surface area contributed by atoms with Crippen LogP contribution in [0.1, 0.15) is 178 Å². The molecule has 0 aliphatic carbocycles. The maximum atomic E-state index is 13.2. The first kappa shape index (κ1) is 56.4. The lowest BCUT2D eigenvalue weighted by molar-refractivity contribution is -0.144. The van der Waals surface area contributed by atoms with Crippen LogP contribution in [0.4, 0.5) is 5.69 Å². The summed E-state index contributed by atoms with van der Waals surface area (Å²) in [5, 5.41) is 29.6. The number of aliphatic carboxylic acids is 2. The number of hydrogen-bond acceptors (Lipinski definition) is 10. The van der Waals surface area contributed by atoms with E-state index in [2.05, 4.69) is 28.2 Å². The summed E-state index contributed by atoms with van der Waals surface area (Å²) in [5.41, 5.74) is 6.93. The van der Waals surface area contributed by atoms with Gasteiger partial charge in [-0.15, -0.1) is 0 Å². The second-order valence-corrected chi connectivity index (χ2v) is 18.0. The van der Waals surface area contributed by atoms with Crippen molar-refractivity contribution >= 4 is 57.2 Å². The molecule has 3 atom stereocenters. The number of carbonyl (C=O) groups is 7. The van der Waals surface area contributed by atoms with Gasteiger partial charge in [0.25, 0.3) is 16.0 Å². The second-order valence-electron chi connectivity index (χ2n) is 16.4. The lowest BCUT2D eigenvalue weighted by Gasteiger charge is -2.20. The highest BCUT2D eigenvalue weighted by molar-refractivity contribution is 7.85. The zero-order valence-corrected chi connectivity index (χ0v) is 38.2. The van der Waals surface area contributed by atoms with Gasteiger partial charge < -0.3 is 37.2 Å². The summed E-state index contributed by atoms with van der Waals surface area (Å²) in [5.74, 6) is -7.27. The number of primary amides is 1. The summed E-state index contributed by atoms with van der Waals surface area (Å²) >= 11 is 0. The van der Waals surface area contributed by atoms with Crippen LogP contribution in [-0.2, 0) is 38.9 Å². The minimum atomic E-state index is -4.50. The third-order valence-corrected chi connectivity index (χ3v) is 11.6. The van der Waals surface area contributed by atoms with E-state index < -0.39 is 82.2 Å². The predicted molar refractivity (Wildman–Crippen MR) is 242 cm³/mol. The molecule has 1 aromatic rings. The quantitative estimate of drug-likeness (QED) is 0.0265. The largest absolute Gasteiger partial charge is 0.481 e. The van der Waals surface area contributed by atoms with Crippen LogP contribution in [0.5, 0.6) is 0 Å². The maximum absolute atomic E-state index is 13.2. The minimum Gasteiger partial charge on any atom is -0.481 e. The Balaban J connectivity index is 2.46. The predicted octanol–water partition coefficient (Wildman–Crippen LogP) is 6.30. The average molecular weight is 910 g/mol. The summed E-state index contributed by atoms with van der Waals surface area (Å²) in [6.07, 6.45) is 15.9. The van der Waals surface area contributed by atoms with Crippen LogP contribution in [0.25, 0.3) is 0 Å². The molecule has 0 heterocycles. The van der Waals surface area contributed by atoms with Crippen LogP contribution in [0, 0.1) is 5.92 Å². The number of rotatable bonds is 40. The van der Waals surface area contributed by atoms with Gasteiger partial charge in [-0.05, 0) is 75.6 Å². The molecule has 0 unspecified atom stereocenters. The number of anilines is 1. The van der Waals surface area contributed by atoms with E-state index in [9.17, 15) is 51.6 Å². The molecule has 0 saturated heterocycles. The molecule has 0 bridgehead atoms. The normalized spacial score (nSPS) is 12.7. The van der Waals surface area contributed by atoms with Crippen molar-refractivity contribution in [2.75, 3.05) is 24.2 Å². The van der Waals surface area contributed by atoms with E-state index in [1.54, 1.807) is 12.1 Å². The fraction of sp³-hybridized carbons (Fsp3) is 0.711. The van der Waals surface area contributed by atoms with Crippen molar-refractivity contribution in [3.63, 3.8) is 0 Å². The molecular weight excluding hydrogens is 835 g/mol. The first-order chi connectivity index (χ1) is 30.0. The number of carboxylic acids is 2. The first-order valence-electron chi connectivity index (χ1n) is 22.9. The molecule has 358 valence electrons. The third kappa shape index (κ3) is 30.2. The Morgan fingerprint density at radius 3 is 1.65 bits per heavy atom. The van der Waals surface area contributed by atoms with E-state index in [0.29, 0.717) is 31.4 Å². The Morgan fingerprint density at radius 1 is 0.619 bits per heavy atom. The zero-order valence-electron chi connectivity index (χ0n) is 37.3. The molecule has 9 N–H and O–H groups in total. The second kappa shape index (κ2) is 33.9. The fourth-order valence-corrected chi connectivity index (χ4v) is 7.55. The van der Waals surface area contributed by atoms with Gasteiger partial charge in [0.1, 0.15) is 6.04 Å². The van der Waals surface area contributed by atoms with Crippen LogP contribution < -0.4 is 27.0 Å². The van der Waals surface area contributed by atoms with Crippen LogP contribution in [-0.4, -0.2) is 95.5 Å². The third-order valence-electron chi connectivity index (χ3n) is 10.8. The van der Waals surface area contributed by atoms with Gasteiger partial charge in [0.05, 0.1) is 17.7 Å². The molecular formula is C45H75N5O12S. The maximum Gasteiger partial charge on any atom is 0.306 e. The molecule has 4 amide bonds. The molecule has 0 aliphatic rings. The topological polar surface area (TPSA) is 288 Å². The first-order valence-corrected chi connectivity index (χ1v) is 24.6. The molecule has 0 spiro atoms. The lowest BCUT2D eigenvalue weighted by atomic mass is 9.93. The molecule has 1 rings (SSSR count). The standard InChI is InChI=1S/C45H75N5O12S/c1-2-3-30-47-36-26-23-34(24-27-36)44(57)48-31-19-18-20-38(43(46)56)50-41(53)28-25-35(45(58)59)33-39(51)37(29-32-63(60,61)62)49-40(52)21-16-14-12-10-8-6-4-5-7-9-11-13-15-17-22-42(54)55/h23-24,26-27,35,37-38,47H,2-22,25,28-33H2,1H3,(H2,46,56)(H,48,57)(H,49,52)(H,50,53)(H,54,55)(H,58,59)(H,60,61,62)/t35-,37+,38+/m1/s1. The molecule has 0 saturated carbocycles. The molecule has 0 fully saturated rings. The van der Waals surface area contributed by atoms with E-state index >= 15 is 0 Å². The van der Waals surface area contributed by atoms with Crippen molar-refractivity contribution < 1.29 is 56.7 Å². The fourth-order valence-electron chi connectivity index (χ4n) is 7.01. The highest BCUT2D eigenvalue weighted by Crippen LogP contribution is 2.17. The van der Waals surface area contributed by atoms with Gasteiger partial charge in [0.2, 0.25) is 17.7 Å². The number of Topliss-reactive ketones (excluding diaryl/α,β-unsaturated/α-hetero) is 1. The molecule has 17 nitrogen and oxygen atoms in total. The zero-order chi connectivity index (χ0) is 46.9. The van der Waals surface area contributed by atoms with E-state index in [1.165, 1.54) is 12.8 Å². The minimum absolute atomic E-state index is 0.0793. The Kier molecular flexibility index (Phi) is 30.4. The SMILES string of the molecule is CCCCNc1ccc(C(=O)NCCCC[C@H](NC(=O)CC[C@H](CC(=O)[C@H](CCS(=O)(=O)O)NC(=O)CCCCCCCCCCCCCCCCC(=O)O)C(=O)O)C(N)=O)cc1. The van der Waals surface area contributed by atoms with Crippen LogP contribution in [0.2, 0.25) is 0 Å². The highest BCUT2D eigenvalue weighted by atomic mass is 32.2. The molecule has 63 heavy (non-hydrogen) atoms. The smallest absolute Gasteiger partial charge is 0.306 e. The van der Waals surface area contributed by atoms with Crippen LogP contribution in [0.15, 0.2) is 24.3 Å². The van der Waals surface area contributed by atoms with E-state index in [0.717, 1.165) is 95.7 Å². The van der Waals surface area contributed by atoms with Crippen molar-refractivity contribution in [1.29, 1.82) is 0 Å². The Bertz CT molecular complexity index is 1640. The van der Waals surface area contributed by atoms with Gasteiger partial charge in [0.15, 0.2) is 5.78 Å².